The summed E-state index contributed by atoms with van der Waals surface area (Å²) in [5, 5.41) is 9.09. The van der Waals surface area contributed by atoms with E-state index in [1.807, 2.05) is 0 Å². The second kappa shape index (κ2) is 3.54. The van der Waals surface area contributed by atoms with Gasteiger partial charge in [-0.05, 0) is 37.1 Å². The van der Waals surface area contributed by atoms with Crippen molar-refractivity contribution in [1.82, 2.24) is 0 Å². The Kier molecular flexibility index (Phi) is 2.65. The SMILES string of the molecule is Cc1cc(O)c(F)c(CCN)c1. The standard InChI is InChI=1S/C9H12FNO/c1-6-4-7(2-3-11)9(10)8(12)5-6/h4-5,12H,2-3,11H2,1H3. The van der Waals surface area contributed by atoms with Gasteiger partial charge < -0.3 is 10.8 Å². The van der Waals surface area contributed by atoms with Crippen LogP contribution in [0.1, 0.15) is 11.1 Å². The molecule has 0 heterocycles. The van der Waals surface area contributed by atoms with Crippen LogP contribution in [-0.4, -0.2) is 11.7 Å². The first-order chi connectivity index (χ1) is 5.65. The third-order valence-corrected chi connectivity index (χ3v) is 1.69. The Morgan fingerprint density at radius 2 is 2.17 bits per heavy atom. The molecule has 0 radical (unpaired) electrons. The summed E-state index contributed by atoms with van der Waals surface area (Å²) in [5.74, 6) is -0.843. The van der Waals surface area contributed by atoms with Gasteiger partial charge in [-0.25, -0.2) is 4.39 Å². The predicted molar refractivity (Wildman–Crippen MR) is 45.6 cm³/mol. The lowest BCUT2D eigenvalue weighted by Crippen LogP contribution is -2.04. The maximum atomic E-state index is 13.1. The van der Waals surface area contributed by atoms with Crippen LogP contribution in [0.4, 0.5) is 4.39 Å². The zero-order valence-electron chi connectivity index (χ0n) is 6.97. The molecule has 0 fully saturated rings. The molecule has 66 valence electrons. The van der Waals surface area contributed by atoms with Crippen molar-refractivity contribution in [3.8, 4) is 5.75 Å². The molecule has 0 amide bonds. The van der Waals surface area contributed by atoms with Crippen molar-refractivity contribution in [3.05, 3.63) is 29.1 Å². The van der Waals surface area contributed by atoms with E-state index in [4.69, 9.17) is 10.8 Å². The van der Waals surface area contributed by atoms with Gasteiger partial charge in [0.05, 0.1) is 0 Å². The van der Waals surface area contributed by atoms with Gasteiger partial charge in [-0.3, -0.25) is 0 Å². The first-order valence-corrected chi connectivity index (χ1v) is 3.83. The molecule has 0 bridgehead atoms. The Morgan fingerprint density at radius 3 is 2.75 bits per heavy atom. The summed E-state index contributed by atoms with van der Waals surface area (Å²) < 4.78 is 13.1. The van der Waals surface area contributed by atoms with E-state index in [2.05, 4.69) is 0 Å². The number of phenolic OH excluding ortho intramolecular Hbond substituents is 1. The minimum absolute atomic E-state index is 0.293. The maximum absolute atomic E-state index is 13.1. The van der Waals surface area contributed by atoms with Gasteiger partial charge in [0.25, 0.3) is 0 Å². The molecule has 0 aliphatic heterocycles. The minimum Gasteiger partial charge on any atom is -0.505 e. The molecule has 0 saturated heterocycles. The normalized spacial score (nSPS) is 10.2. The van der Waals surface area contributed by atoms with Crippen molar-refractivity contribution in [1.29, 1.82) is 0 Å². The number of hydrogen-bond acceptors (Lipinski definition) is 2. The molecule has 0 atom stereocenters. The van der Waals surface area contributed by atoms with Gasteiger partial charge in [0.15, 0.2) is 11.6 Å². The summed E-state index contributed by atoms with van der Waals surface area (Å²) in [6, 6.07) is 3.09. The van der Waals surface area contributed by atoms with Crippen molar-refractivity contribution in [3.63, 3.8) is 0 Å². The largest absolute Gasteiger partial charge is 0.505 e. The molecule has 12 heavy (non-hydrogen) atoms. The second-order valence-corrected chi connectivity index (χ2v) is 2.80. The fraction of sp³-hybridized carbons (Fsp3) is 0.333. The molecule has 0 aliphatic rings. The minimum atomic E-state index is -0.550. The molecular formula is C9H12FNO. The van der Waals surface area contributed by atoms with Crippen LogP contribution >= 0.6 is 0 Å². The van der Waals surface area contributed by atoms with Gasteiger partial charge in [0, 0.05) is 0 Å². The highest BCUT2D eigenvalue weighted by Crippen LogP contribution is 2.21. The van der Waals surface area contributed by atoms with Gasteiger partial charge in [0.2, 0.25) is 0 Å². The van der Waals surface area contributed by atoms with Crippen LogP contribution in [0.2, 0.25) is 0 Å². The highest BCUT2D eigenvalue weighted by Gasteiger charge is 2.06. The fourth-order valence-corrected chi connectivity index (χ4v) is 1.16. The maximum Gasteiger partial charge on any atom is 0.168 e. The lowest BCUT2D eigenvalue weighted by Gasteiger charge is -2.04. The number of phenols is 1. The van der Waals surface area contributed by atoms with Crippen LogP contribution in [0, 0.1) is 12.7 Å². The van der Waals surface area contributed by atoms with Crippen LogP contribution < -0.4 is 5.73 Å². The first kappa shape index (κ1) is 9.00. The molecule has 0 aliphatic carbocycles. The van der Waals surface area contributed by atoms with Crippen LogP contribution in [0.15, 0.2) is 12.1 Å². The average molecular weight is 169 g/mol. The smallest absolute Gasteiger partial charge is 0.168 e. The van der Waals surface area contributed by atoms with Gasteiger partial charge in [-0.2, -0.15) is 0 Å². The van der Waals surface area contributed by atoms with Crippen molar-refractivity contribution < 1.29 is 9.50 Å². The number of aromatic hydroxyl groups is 1. The number of hydrogen-bond donors (Lipinski definition) is 2. The monoisotopic (exact) mass is 169 g/mol. The molecule has 0 spiro atoms. The van der Waals surface area contributed by atoms with Crippen molar-refractivity contribution in [2.24, 2.45) is 5.73 Å². The number of halogens is 1. The summed E-state index contributed by atoms with van der Waals surface area (Å²) in [6.07, 6.45) is 0.459. The number of aryl methyl sites for hydroxylation is 1. The highest BCUT2D eigenvalue weighted by molar-refractivity contribution is 5.34. The van der Waals surface area contributed by atoms with E-state index in [0.717, 1.165) is 5.56 Å². The zero-order valence-corrected chi connectivity index (χ0v) is 6.97. The molecule has 1 aromatic carbocycles. The zero-order chi connectivity index (χ0) is 9.14. The van der Waals surface area contributed by atoms with Crippen molar-refractivity contribution in [2.75, 3.05) is 6.54 Å². The third kappa shape index (κ3) is 1.74. The Labute approximate surface area is 70.8 Å². The van der Waals surface area contributed by atoms with E-state index >= 15 is 0 Å². The van der Waals surface area contributed by atoms with Crippen molar-refractivity contribution in [2.45, 2.75) is 13.3 Å². The molecule has 3 N–H and O–H groups in total. The van der Waals surface area contributed by atoms with Crippen LogP contribution in [0.5, 0.6) is 5.75 Å². The quantitative estimate of drug-likeness (QED) is 0.701. The summed E-state index contributed by atoms with van der Waals surface area (Å²) in [7, 11) is 0. The van der Waals surface area contributed by atoms with E-state index in [1.165, 1.54) is 6.07 Å². The summed E-state index contributed by atoms with van der Waals surface area (Å²) in [5.41, 5.74) is 6.61. The molecule has 0 unspecified atom stereocenters. The lowest BCUT2D eigenvalue weighted by molar-refractivity contribution is 0.428. The van der Waals surface area contributed by atoms with Crippen LogP contribution in [0.3, 0.4) is 0 Å². The number of benzene rings is 1. The highest BCUT2D eigenvalue weighted by atomic mass is 19.1. The number of nitrogens with two attached hydrogens (primary N) is 1. The molecule has 1 rings (SSSR count). The van der Waals surface area contributed by atoms with Gasteiger partial charge >= 0.3 is 0 Å². The molecule has 0 aromatic heterocycles. The van der Waals surface area contributed by atoms with E-state index in [-0.39, 0.29) is 5.75 Å². The fourth-order valence-electron chi connectivity index (χ4n) is 1.16. The van der Waals surface area contributed by atoms with Gasteiger partial charge in [0.1, 0.15) is 0 Å². The van der Waals surface area contributed by atoms with Crippen LogP contribution in [0.25, 0.3) is 0 Å². The van der Waals surface area contributed by atoms with Crippen LogP contribution in [-0.2, 0) is 6.42 Å². The summed E-state index contributed by atoms with van der Waals surface area (Å²) in [6.45, 7) is 2.19. The molecule has 2 nitrogen and oxygen atoms in total. The summed E-state index contributed by atoms with van der Waals surface area (Å²) >= 11 is 0. The topological polar surface area (TPSA) is 46.2 Å². The Hall–Kier alpha value is -1.09. The molecular weight excluding hydrogens is 157 g/mol. The van der Waals surface area contributed by atoms with Gasteiger partial charge in [-0.1, -0.05) is 6.07 Å². The Bertz CT molecular complexity index is 286. The average Bonchev–Trinajstić information content (AvgIpc) is 2.00. The van der Waals surface area contributed by atoms with E-state index in [9.17, 15) is 4.39 Å². The first-order valence-electron chi connectivity index (χ1n) is 3.83. The Morgan fingerprint density at radius 1 is 1.50 bits per heavy atom. The van der Waals surface area contributed by atoms with E-state index in [1.54, 1.807) is 13.0 Å². The molecule has 3 heteroatoms. The van der Waals surface area contributed by atoms with Crippen molar-refractivity contribution >= 4 is 0 Å². The lowest BCUT2D eigenvalue weighted by atomic mass is 10.1. The predicted octanol–water partition coefficient (Wildman–Crippen LogP) is 1.34. The second-order valence-electron chi connectivity index (χ2n) is 2.80. The van der Waals surface area contributed by atoms with E-state index < -0.39 is 5.82 Å². The molecule has 1 aromatic rings. The summed E-state index contributed by atoms with van der Waals surface area (Å²) in [4.78, 5) is 0. The van der Waals surface area contributed by atoms with E-state index in [0.29, 0.717) is 18.5 Å². The third-order valence-electron chi connectivity index (χ3n) is 1.69. The van der Waals surface area contributed by atoms with Gasteiger partial charge in [-0.15, -0.1) is 0 Å². The number of rotatable bonds is 2. The Balaban J connectivity index is 3.09. The molecule has 0 saturated carbocycles.